The van der Waals surface area contributed by atoms with Crippen molar-refractivity contribution in [1.82, 2.24) is 8.61 Å². The maximum atomic E-state index is 13.5. The number of carbonyl (C=O) groups is 1. The molecule has 2 aliphatic heterocycles. The molecule has 13 nitrogen and oxygen atoms in total. The van der Waals surface area contributed by atoms with Crippen molar-refractivity contribution >= 4 is 37.2 Å². The van der Waals surface area contributed by atoms with Crippen LogP contribution in [0.5, 0.6) is 0 Å². The van der Waals surface area contributed by atoms with Crippen LogP contribution in [0.15, 0.2) is 34.1 Å². The van der Waals surface area contributed by atoms with Crippen molar-refractivity contribution in [2.75, 3.05) is 26.2 Å². The van der Waals surface area contributed by atoms with E-state index in [9.17, 15) is 41.9 Å². The van der Waals surface area contributed by atoms with Crippen molar-refractivity contribution in [2.24, 2.45) is 0 Å². The predicted octanol–water partition coefficient (Wildman–Crippen LogP) is 3.06. The smallest absolute Gasteiger partial charge is 0.279 e. The third-order valence-corrected chi connectivity index (χ3v) is 11.0. The number of benzene rings is 2. The van der Waals surface area contributed by atoms with Crippen LogP contribution in [-0.2, 0) is 20.0 Å². The number of carbonyl (C=O) groups excluding carboxylic acids is 1. The van der Waals surface area contributed by atoms with Gasteiger partial charge in [-0.3, -0.25) is 25.0 Å². The molecule has 2 fully saturated rings. The van der Waals surface area contributed by atoms with E-state index in [0.717, 1.165) is 37.1 Å². The standard InChI is InChI=1S/C23H24N4O9S2/c28-23-17-11-15(37(33,34)24-7-3-1-4-8-24)13-19(26(29)30)21(17)22-18(23)12-16(14-20(22)27(31)32)38(35,36)25-9-5-2-6-10-25/h11-14H,1-10H2. The van der Waals surface area contributed by atoms with Crippen LogP contribution < -0.4 is 0 Å². The summed E-state index contributed by atoms with van der Waals surface area (Å²) in [6.45, 7) is 0.907. The molecule has 0 N–H and O–H groups in total. The van der Waals surface area contributed by atoms with Crippen LogP contribution in [0.2, 0.25) is 0 Å². The highest BCUT2D eigenvalue weighted by molar-refractivity contribution is 7.89. The van der Waals surface area contributed by atoms with Crippen LogP contribution in [0, 0.1) is 20.2 Å². The lowest BCUT2D eigenvalue weighted by molar-refractivity contribution is -0.386. The second-order valence-corrected chi connectivity index (χ2v) is 13.4. The molecule has 0 unspecified atom stereocenters. The molecule has 3 aliphatic rings. The Labute approximate surface area is 218 Å². The normalized spacial score (nSPS) is 18.7. The zero-order valence-corrected chi connectivity index (χ0v) is 21.8. The zero-order valence-electron chi connectivity index (χ0n) is 20.2. The summed E-state index contributed by atoms with van der Waals surface area (Å²) in [5, 5.41) is 24.1. The van der Waals surface area contributed by atoms with Crippen molar-refractivity contribution in [3.8, 4) is 11.1 Å². The Balaban J connectivity index is 1.71. The van der Waals surface area contributed by atoms with Crippen LogP contribution in [0.3, 0.4) is 0 Å². The van der Waals surface area contributed by atoms with Gasteiger partial charge in [-0.05, 0) is 37.8 Å². The fraction of sp³-hybridized carbons (Fsp3) is 0.435. The zero-order chi connectivity index (χ0) is 27.4. The summed E-state index contributed by atoms with van der Waals surface area (Å²) in [6, 6.07) is 3.62. The number of fused-ring (bicyclic) bond motifs is 3. The molecule has 2 aromatic rings. The fourth-order valence-electron chi connectivity index (χ4n) is 5.33. The fourth-order valence-corrected chi connectivity index (χ4v) is 8.45. The molecule has 202 valence electrons. The molecule has 2 saturated heterocycles. The van der Waals surface area contributed by atoms with Gasteiger partial charge in [-0.15, -0.1) is 0 Å². The van der Waals surface area contributed by atoms with Crippen LogP contribution in [-0.4, -0.2) is 67.3 Å². The molecule has 38 heavy (non-hydrogen) atoms. The molecule has 2 heterocycles. The van der Waals surface area contributed by atoms with E-state index in [1.165, 1.54) is 8.61 Å². The molecule has 0 saturated carbocycles. The van der Waals surface area contributed by atoms with Gasteiger partial charge in [0.15, 0.2) is 5.78 Å². The lowest BCUT2D eigenvalue weighted by atomic mass is 10.0. The van der Waals surface area contributed by atoms with E-state index in [2.05, 4.69) is 0 Å². The monoisotopic (exact) mass is 564 g/mol. The van der Waals surface area contributed by atoms with Gasteiger partial charge in [-0.2, -0.15) is 8.61 Å². The molecule has 2 aromatic carbocycles. The van der Waals surface area contributed by atoms with Gasteiger partial charge in [0, 0.05) is 49.4 Å². The quantitative estimate of drug-likeness (QED) is 0.321. The van der Waals surface area contributed by atoms with E-state index in [4.69, 9.17) is 0 Å². The Kier molecular flexibility index (Phi) is 6.57. The SMILES string of the molecule is O=C1c2cc(S(=O)(=O)N3CCCCC3)cc([N+](=O)[O-])c2-c2c1cc(S(=O)(=O)N1CCCCC1)cc2[N+](=O)[O-]. The van der Waals surface area contributed by atoms with Gasteiger partial charge in [0.1, 0.15) is 0 Å². The summed E-state index contributed by atoms with van der Waals surface area (Å²) < 4.78 is 55.5. The predicted molar refractivity (Wildman–Crippen MR) is 134 cm³/mol. The molecule has 0 bridgehead atoms. The topological polar surface area (TPSA) is 178 Å². The van der Waals surface area contributed by atoms with Crippen LogP contribution in [0.25, 0.3) is 11.1 Å². The number of nitro groups is 2. The maximum absolute atomic E-state index is 13.5. The molecule has 0 amide bonds. The highest BCUT2D eigenvalue weighted by Crippen LogP contribution is 2.49. The van der Waals surface area contributed by atoms with E-state index >= 15 is 0 Å². The van der Waals surface area contributed by atoms with Gasteiger partial charge in [-0.1, -0.05) is 12.8 Å². The van der Waals surface area contributed by atoms with Gasteiger partial charge in [-0.25, -0.2) is 16.8 Å². The number of rotatable bonds is 6. The number of sulfonamides is 2. The van der Waals surface area contributed by atoms with Crippen LogP contribution in [0.1, 0.15) is 54.4 Å². The van der Waals surface area contributed by atoms with Crippen molar-refractivity contribution in [2.45, 2.75) is 48.3 Å². The van der Waals surface area contributed by atoms with E-state index in [1.54, 1.807) is 0 Å². The highest BCUT2D eigenvalue weighted by Gasteiger charge is 2.43. The summed E-state index contributed by atoms with van der Waals surface area (Å²) in [6.07, 6.45) is 4.18. The molecular weight excluding hydrogens is 540 g/mol. The van der Waals surface area contributed by atoms with Crippen molar-refractivity contribution in [1.29, 1.82) is 0 Å². The first kappa shape index (κ1) is 26.3. The number of nitro benzene ring substituents is 2. The van der Waals surface area contributed by atoms with Crippen LogP contribution >= 0.6 is 0 Å². The minimum absolute atomic E-state index is 0.227. The minimum Gasteiger partial charge on any atom is -0.289 e. The van der Waals surface area contributed by atoms with E-state index in [0.29, 0.717) is 25.7 Å². The first-order chi connectivity index (χ1) is 17.9. The highest BCUT2D eigenvalue weighted by atomic mass is 32.2. The number of hydrogen-bond acceptors (Lipinski definition) is 9. The summed E-state index contributed by atoms with van der Waals surface area (Å²) >= 11 is 0. The van der Waals surface area contributed by atoms with E-state index in [-0.39, 0.29) is 48.4 Å². The second-order valence-electron chi connectivity index (χ2n) is 9.50. The summed E-state index contributed by atoms with van der Waals surface area (Å²) in [5.74, 6) is -0.910. The van der Waals surface area contributed by atoms with Crippen LogP contribution in [0.4, 0.5) is 11.4 Å². The summed E-state index contributed by atoms with van der Waals surface area (Å²) in [5.41, 5.74) is -3.11. The van der Waals surface area contributed by atoms with Crippen molar-refractivity contribution < 1.29 is 31.5 Å². The Bertz CT molecular complexity index is 1470. The van der Waals surface area contributed by atoms with E-state index < -0.39 is 56.8 Å². The Hall–Kier alpha value is -3.27. The maximum Gasteiger partial charge on any atom is 0.279 e. The molecule has 5 rings (SSSR count). The largest absolute Gasteiger partial charge is 0.289 e. The molecule has 0 spiro atoms. The molecule has 0 atom stereocenters. The molecular formula is C23H24N4O9S2. The summed E-state index contributed by atoms with van der Waals surface area (Å²) in [7, 11) is -8.37. The average Bonchev–Trinajstić information content (AvgIpc) is 3.20. The second kappa shape index (κ2) is 9.48. The van der Waals surface area contributed by atoms with Gasteiger partial charge in [0.05, 0.1) is 30.8 Å². The van der Waals surface area contributed by atoms with Gasteiger partial charge < -0.3 is 0 Å². The van der Waals surface area contributed by atoms with E-state index in [1.807, 2.05) is 0 Å². The number of hydrogen-bond donors (Lipinski definition) is 0. The van der Waals surface area contributed by atoms with Gasteiger partial charge in [0.25, 0.3) is 11.4 Å². The third-order valence-electron chi connectivity index (χ3n) is 7.22. The van der Waals surface area contributed by atoms with Crippen molar-refractivity contribution in [3.05, 3.63) is 55.6 Å². The Morgan fingerprint density at radius 2 is 0.947 bits per heavy atom. The average molecular weight is 565 g/mol. The number of piperidine rings is 2. The first-order valence-electron chi connectivity index (χ1n) is 12.1. The number of nitrogens with zero attached hydrogens (tertiary/aromatic N) is 4. The lowest BCUT2D eigenvalue weighted by Gasteiger charge is -2.26. The Morgan fingerprint density at radius 3 is 1.26 bits per heavy atom. The number of ketones is 1. The first-order valence-corrected chi connectivity index (χ1v) is 15.0. The van der Waals surface area contributed by atoms with Gasteiger partial charge in [0.2, 0.25) is 20.0 Å². The minimum atomic E-state index is -4.18. The summed E-state index contributed by atoms with van der Waals surface area (Å²) in [4.78, 5) is 34.9. The third kappa shape index (κ3) is 4.19. The van der Waals surface area contributed by atoms with Gasteiger partial charge >= 0.3 is 0 Å². The molecule has 0 aromatic heterocycles. The molecule has 0 radical (unpaired) electrons. The van der Waals surface area contributed by atoms with Crippen molar-refractivity contribution in [3.63, 3.8) is 0 Å². The molecule has 1 aliphatic carbocycles. The molecule has 15 heteroatoms. The Morgan fingerprint density at radius 1 is 0.605 bits per heavy atom. The lowest BCUT2D eigenvalue weighted by Crippen LogP contribution is -2.35.